The predicted molar refractivity (Wildman–Crippen MR) is 59.3 cm³/mol. The lowest BCUT2D eigenvalue weighted by atomic mass is 9.96. The fourth-order valence-corrected chi connectivity index (χ4v) is 1.71. The summed E-state index contributed by atoms with van der Waals surface area (Å²) in [5.74, 6) is 0. The fourth-order valence-electron chi connectivity index (χ4n) is 1.71. The molecule has 0 aliphatic heterocycles. The number of hydrogen-bond donors (Lipinski definition) is 2. The highest BCUT2D eigenvalue weighted by atomic mass is 15.1. The summed E-state index contributed by atoms with van der Waals surface area (Å²) in [7, 11) is 2.07. The highest BCUT2D eigenvalue weighted by molar-refractivity contribution is 4.96. The van der Waals surface area contributed by atoms with Crippen molar-refractivity contribution in [1.29, 1.82) is 0 Å². The zero-order valence-electron chi connectivity index (χ0n) is 9.21. The van der Waals surface area contributed by atoms with Crippen LogP contribution in [0.25, 0.3) is 0 Å². The Morgan fingerprint density at radius 2 is 2.07 bits per heavy atom. The Morgan fingerprint density at radius 1 is 1.36 bits per heavy atom. The fraction of sp³-hybridized carbons (Fsp3) is 0.727. The molecule has 3 nitrogen and oxygen atoms in total. The van der Waals surface area contributed by atoms with Crippen molar-refractivity contribution in [1.82, 2.24) is 15.5 Å². The second-order valence-corrected chi connectivity index (χ2v) is 3.90. The average molecular weight is 195 g/mol. The van der Waals surface area contributed by atoms with Crippen molar-refractivity contribution in [2.75, 3.05) is 7.05 Å². The third-order valence-electron chi connectivity index (χ3n) is 2.65. The highest BCUT2D eigenvalue weighted by Crippen LogP contribution is 2.16. The zero-order chi connectivity index (χ0) is 10.2. The van der Waals surface area contributed by atoms with E-state index in [1.54, 1.807) is 6.20 Å². The molecule has 0 aromatic carbocycles. The Labute approximate surface area is 86.3 Å². The molecule has 0 atom stereocenters. The van der Waals surface area contributed by atoms with Crippen LogP contribution < -0.4 is 5.32 Å². The summed E-state index contributed by atoms with van der Waals surface area (Å²) in [5, 5.41) is 9.68. The van der Waals surface area contributed by atoms with Gasteiger partial charge in [0.15, 0.2) is 0 Å². The molecule has 2 N–H and O–H groups in total. The van der Waals surface area contributed by atoms with Gasteiger partial charge in [-0.1, -0.05) is 19.3 Å². The quantitative estimate of drug-likeness (QED) is 0.721. The van der Waals surface area contributed by atoms with E-state index >= 15 is 0 Å². The predicted octanol–water partition coefficient (Wildman–Crippen LogP) is 2.26. The number of H-pyrrole nitrogens is 1. The van der Waals surface area contributed by atoms with E-state index in [0.29, 0.717) is 0 Å². The average Bonchev–Trinajstić information content (AvgIpc) is 2.71. The number of aromatic amines is 1. The number of aryl methyl sites for hydroxylation is 1. The first-order valence-electron chi connectivity index (χ1n) is 5.45. The molecule has 0 radical (unpaired) electrons. The molecule has 0 amide bonds. The molecule has 1 aromatic rings. The van der Waals surface area contributed by atoms with Crippen LogP contribution in [0.15, 0.2) is 12.4 Å². The summed E-state index contributed by atoms with van der Waals surface area (Å²) in [6.07, 6.45) is 10.8. The molecule has 80 valence electrons. The van der Waals surface area contributed by atoms with Crippen molar-refractivity contribution >= 4 is 0 Å². The van der Waals surface area contributed by atoms with E-state index in [0.717, 1.165) is 6.04 Å². The van der Waals surface area contributed by atoms with E-state index in [-0.39, 0.29) is 0 Å². The van der Waals surface area contributed by atoms with Crippen LogP contribution in [0.1, 0.15) is 37.7 Å². The highest BCUT2D eigenvalue weighted by Gasteiger charge is 2.09. The molecule has 0 bridgehead atoms. The van der Waals surface area contributed by atoms with Crippen molar-refractivity contribution in [3.8, 4) is 0 Å². The van der Waals surface area contributed by atoms with Crippen LogP contribution in [-0.4, -0.2) is 23.3 Å². The molecule has 0 saturated heterocycles. The zero-order valence-corrected chi connectivity index (χ0v) is 9.21. The molecule has 1 saturated carbocycles. The van der Waals surface area contributed by atoms with Crippen LogP contribution in [0.2, 0.25) is 0 Å². The van der Waals surface area contributed by atoms with Gasteiger partial charge in [0.1, 0.15) is 0 Å². The Morgan fingerprint density at radius 3 is 2.36 bits per heavy atom. The molecule has 14 heavy (non-hydrogen) atoms. The van der Waals surface area contributed by atoms with E-state index in [1.165, 1.54) is 37.7 Å². The van der Waals surface area contributed by atoms with Crippen molar-refractivity contribution in [3.63, 3.8) is 0 Å². The summed E-state index contributed by atoms with van der Waals surface area (Å²) in [6, 6.07) is 0.837. The lowest BCUT2D eigenvalue weighted by Crippen LogP contribution is -2.26. The third kappa shape index (κ3) is 4.42. The van der Waals surface area contributed by atoms with Crippen LogP contribution >= 0.6 is 0 Å². The number of nitrogens with one attached hydrogen (secondary N) is 2. The maximum atomic E-state index is 3.70. The maximum absolute atomic E-state index is 3.70. The number of rotatable bonds is 1. The van der Waals surface area contributed by atoms with Crippen molar-refractivity contribution in [2.24, 2.45) is 0 Å². The summed E-state index contributed by atoms with van der Waals surface area (Å²) in [4.78, 5) is 0. The van der Waals surface area contributed by atoms with Crippen LogP contribution in [0.4, 0.5) is 0 Å². The van der Waals surface area contributed by atoms with E-state index in [9.17, 15) is 0 Å². The topological polar surface area (TPSA) is 40.7 Å². The standard InChI is InChI=1S/C7H15N.C4H6N2/c1-8-7-5-3-2-4-6-7;1-4-2-5-6-3-4/h7-8H,2-6H2,1H3;2-3H,1H3,(H,5,6). The second kappa shape index (κ2) is 6.60. The third-order valence-corrected chi connectivity index (χ3v) is 2.65. The van der Waals surface area contributed by atoms with Gasteiger partial charge in [0.05, 0.1) is 6.20 Å². The van der Waals surface area contributed by atoms with Crippen LogP contribution in [0.5, 0.6) is 0 Å². The molecule has 1 aliphatic rings. The molecule has 0 spiro atoms. The van der Waals surface area contributed by atoms with E-state index < -0.39 is 0 Å². The van der Waals surface area contributed by atoms with Gasteiger partial charge < -0.3 is 5.32 Å². The van der Waals surface area contributed by atoms with Crippen molar-refractivity contribution in [3.05, 3.63) is 18.0 Å². The Kier molecular flexibility index (Phi) is 5.30. The second-order valence-electron chi connectivity index (χ2n) is 3.90. The van der Waals surface area contributed by atoms with E-state index in [2.05, 4.69) is 22.6 Å². The van der Waals surface area contributed by atoms with Gasteiger partial charge in [-0.15, -0.1) is 0 Å². The molecule has 2 rings (SSSR count). The Bertz CT molecular complexity index is 212. The van der Waals surface area contributed by atoms with E-state index in [4.69, 9.17) is 0 Å². The smallest absolute Gasteiger partial charge is 0.0516 e. The molecule has 1 fully saturated rings. The number of nitrogens with zero attached hydrogens (tertiary/aromatic N) is 1. The molecule has 0 unspecified atom stereocenters. The molecule has 3 heteroatoms. The van der Waals surface area contributed by atoms with Crippen molar-refractivity contribution < 1.29 is 0 Å². The van der Waals surface area contributed by atoms with Gasteiger partial charge in [-0.3, -0.25) is 5.10 Å². The largest absolute Gasteiger partial charge is 0.317 e. The van der Waals surface area contributed by atoms with Crippen molar-refractivity contribution in [2.45, 2.75) is 45.1 Å². The molecule has 1 aliphatic carbocycles. The van der Waals surface area contributed by atoms with Gasteiger partial charge >= 0.3 is 0 Å². The first kappa shape index (κ1) is 11.2. The first-order chi connectivity index (χ1) is 6.83. The minimum Gasteiger partial charge on any atom is -0.317 e. The van der Waals surface area contributed by atoms with Gasteiger partial charge in [0, 0.05) is 12.2 Å². The normalized spacial score (nSPS) is 17.3. The molecular formula is C11H21N3. The SMILES string of the molecule is CNC1CCCCC1.Cc1cn[nH]c1. The van der Waals surface area contributed by atoms with Gasteiger partial charge in [0.25, 0.3) is 0 Å². The Hall–Kier alpha value is -0.830. The minimum atomic E-state index is 0.837. The van der Waals surface area contributed by atoms with E-state index in [1.807, 2.05) is 13.1 Å². The van der Waals surface area contributed by atoms with Gasteiger partial charge in [-0.25, -0.2) is 0 Å². The lowest BCUT2D eigenvalue weighted by Gasteiger charge is -2.20. The summed E-state index contributed by atoms with van der Waals surface area (Å²) in [5.41, 5.74) is 1.18. The minimum absolute atomic E-state index is 0.837. The summed E-state index contributed by atoms with van der Waals surface area (Å²) < 4.78 is 0. The van der Waals surface area contributed by atoms with Gasteiger partial charge in [-0.05, 0) is 32.4 Å². The number of hydrogen-bond acceptors (Lipinski definition) is 2. The molecular weight excluding hydrogens is 174 g/mol. The summed E-state index contributed by atoms with van der Waals surface area (Å²) in [6.45, 7) is 1.99. The van der Waals surface area contributed by atoms with Gasteiger partial charge in [0.2, 0.25) is 0 Å². The molecule has 1 heterocycles. The van der Waals surface area contributed by atoms with Crippen LogP contribution in [0.3, 0.4) is 0 Å². The summed E-state index contributed by atoms with van der Waals surface area (Å²) >= 11 is 0. The Balaban J connectivity index is 0.000000146. The van der Waals surface area contributed by atoms with Crippen LogP contribution in [-0.2, 0) is 0 Å². The van der Waals surface area contributed by atoms with Gasteiger partial charge in [-0.2, -0.15) is 5.10 Å². The first-order valence-corrected chi connectivity index (χ1v) is 5.45. The monoisotopic (exact) mass is 195 g/mol. The number of aromatic nitrogens is 2. The lowest BCUT2D eigenvalue weighted by molar-refractivity contribution is 0.394. The maximum Gasteiger partial charge on any atom is 0.0516 e. The van der Waals surface area contributed by atoms with Crippen LogP contribution in [0, 0.1) is 6.92 Å². The molecule has 1 aromatic heterocycles.